The number of nitrogens with one attached hydrogen (secondary N) is 1. The van der Waals surface area contributed by atoms with Gasteiger partial charge in [0.1, 0.15) is 0 Å². The molecule has 20 heavy (non-hydrogen) atoms. The summed E-state index contributed by atoms with van der Waals surface area (Å²) in [6.45, 7) is 4.27. The van der Waals surface area contributed by atoms with Gasteiger partial charge in [0.15, 0.2) is 11.5 Å². The Morgan fingerprint density at radius 2 is 2.25 bits per heavy atom. The summed E-state index contributed by atoms with van der Waals surface area (Å²) in [5, 5.41) is 6.87. The van der Waals surface area contributed by atoms with Crippen LogP contribution in [0.2, 0.25) is 0 Å². The van der Waals surface area contributed by atoms with Gasteiger partial charge in [0.25, 0.3) is 5.91 Å². The predicted octanol–water partition coefficient (Wildman–Crippen LogP) is 0.533. The molecule has 1 amide bonds. The molecule has 0 aliphatic carbocycles. The first-order chi connectivity index (χ1) is 9.65. The van der Waals surface area contributed by atoms with Crippen molar-refractivity contribution in [3.63, 3.8) is 0 Å². The van der Waals surface area contributed by atoms with Crippen molar-refractivity contribution in [3.8, 4) is 0 Å². The molecule has 7 nitrogen and oxygen atoms in total. The van der Waals surface area contributed by atoms with E-state index in [4.69, 9.17) is 15.2 Å². The van der Waals surface area contributed by atoms with E-state index in [2.05, 4.69) is 10.2 Å². The van der Waals surface area contributed by atoms with E-state index in [0.29, 0.717) is 37.7 Å². The number of carbonyl (C=O) groups excluding carboxylic acids is 1. The van der Waals surface area contributed by atoms with E-state index >= 15 is 0 Å². The number of nitrogen functional groups attached to an aromatic ring is 1. The lowest BCUT2D eigenvalue weighted by Gasteiger charge is -2.38. The van der Waals surface area contributed by atoms with Gasteiger partial charge < -0.3 is 20.1 Å². The Morgan fingerprint density at radius 3 is 2.90 bits per heavy atom. The van der Waals surface area contributed by atoms with E-state index in [1.54, 1.807) is 4.90 Å². The summed E-state index contributed by atoms with van der Waals surface area (Å²) in [5.41, 5.74) is 7.51. The highest BCUT2D eigenvalue weighted by Crippen LogP contribution is 2.31. The molecule has 1 aromatic rings. The fraction of sp³-hybridized carbons (Fsp3) is 0.692. The number of aryl methyl sites for hydroxylation is 1. The second-order valence-corrected chi connectivity index (χ2v) is 5.26. The van der Waals surface area contributed by atoms with Gasteiger partial charge in [-0.05, 0) is 12.8 Å². The first-order valence-corrected chi connectivity index (χ1v) is 7.05. The number of H-pyrrole nitrogens is 1. The number of piperidine rings is 1. The zero-order valence-electron chi connectivity index (χ0n) is 11.6. The normalized spacial score (nSPS) is 21.6. The van der Waals surface area contributed by atoms with Crippen molar-refractivity contribution in [1.29, 1.82) is 0 Å². The van der Waals surface area contributed by atoms with Gasteiger partial charge in [0.2, 0.25) is 0 Å². The molecule has 0 aromatic carbocycles. The molecule has 1 spiro atoms. The molecule has 2 aliphatic heterocycles. The van der Waals surface area contributed by atoms with Crippen LogP contribution in [0.1, 0.15) is 35.9 Å². The Hall–Kier alpha value is -1.60. The fourth-order valence-electron chi connectivity index (χ4n) is 2.86. The number of nitrogens with zero attached hydrogens (tertiary/aromatic N) is 2. The van der Waals surface area contributed by atoms with Crippen LogP contribution in [-0.2, 0) is 15.9 Å². The Labute approximate surface area is 117 Å². The number of nitrogens with two attached hydrogens (primary N) is 1. The number of aromatic amines is 1. The van der Waals surface area contributed by atoms with Crippen molar-refractivity contribution in [2.75, 3.05) is 32.0 Å². The zero-order valence-corrected chi connectivity index (χ0v) is 11.6. The first kappa shape index (κ1) is 13.4. The molecule has 0 radical (unpaired) electrons. The molecule has 0 atom stereocenters. The van der Waals surface area contributed by atoms with Gasteiger partial charge in [0, 0.05) is 13.0 Å². The Morgan fingerprint density at radius 1 is 1.50 bits per heavy atom. The minimum atomic E-state index is -0.618. The van der Waals surface area contributed by atoms with Gasteiger partial charge in [0.05, 0.1) is 31.1 Å². The highest BCUT2D eigenvalue weighted by Gasteiger charge is 2.42. The summed E-state index contributed by atoms with van der Waals surface area (Å²) in [5.74, 6) is -0.774. The third kappa shape index (κ3) is 2.16. The number of carbonyl (C=O) groups is 1. The average molecular weight is 280 g/mol. The van der Waals surface area contributed by atoms with Gasteiger partial charge in [-0.3, -0.25) is 9.89 Å². The molecule has 2 saturated heterocycles. The maximum Gasteiger partial charge on any atom is 0.276 e. The molecule has 3 N–H and O–H groups in total. The van der Waals surface area contributed by atoms with Crippen LogP contribution in [0.3, 0.4) is 0 Å². The molecule has 2 aliphatic rings. The van der Waals surface area contributed by atoms with Crippen LogP contribution in [0, 0.1) is 0 Å². The van der Waals surface area contributed by atoms with E-state index in [1.807, 2.05) is 6.92 Å². The molecule has 2 fully saturated rings. The number of amides is 1. The highest BCUT2D eigenvalue weighted by molar-refractivity contribution is 5.97. The van der Waals surface area contributed by atoms with Crippen LogP contribution in [0.4, 0.5) is 5.69 Å². The summed E-state index contributed by atoms with van der Waals surface area (Å²) in [7, 11) is 0. The van der Waals surface area contributed by atoms with Crippen LogP contribution in [0.25, 0.3) is 0 Å². The summed E-state index contributed by atoms with van der Waals surface area (Å²) >= 11 is 0. The Bertz CT molecular complexity index is 508. The van der Waals surface area contributed by atoms with E-state index in [1.165, 1.54) is 0 Å². The van der Waals surface area contributed by atoms with Crippen molar-refractivity contribution >= 4 is 11.6 Å². The monoisotopic (exact) mass is 280 g/mol. The van der Waals surface area contributed by atoms with Gasteiger partial charge >= 0.3 is 0 Å². The van der Waals surface area contributed by atoms with Crippen molar-refractivity contribution in [2.45, 2.75) is 32.0 Å². The fourth-order valence-corrected chi connectivity index (χ4v) is 2.86. The highest BCUT2D eigenvalue weighted by atomic mass is 16.7. The minimum absolute atomic E-state index is 0.156. The van der Waals surface area contributed by atoms with Crippen LogP contribution in [0.5, 0.6) is 0 Å². The smallest absolute Gasteiger partial charge is 0.276 e. The van der Waals surface area contributed by atoms with Crippen molar-refractivity contribution in [3.05, 3.63) is 11.4 Å². The van der Waals surface area contributed by atoms with E-state index in [0.717, 1.165) is 25.0 Å². The maximum atomic E-state index is 12.5. The summed E-state index contributed by atoms with van der Waals surface area (Å²) in [6.07, 6.45) is 2.41. The predicted molar refractivity (Wildman–Crippen MR) is 72.2 cm³/mol. The second-order valence-electron chi connectivity index (χ2n) is 5.26. The molecule has 1 aromatic heterocycles. The lowest BCUT2D eigenvalue weighted by molar-refractivity contribution is -0.183. The van der Waals surface area contributed by atoms with Crippen LogP contribution in [-0.4, -0.2) is 53.1 Å². The topological polar surface area (TPSA) is 93.5 Å². The van der Waals surface area contributed by atoms with Crippen LogP contribution in [0.15, 0.2) is 0 Å². The molecule has 0 unspecified atom stereocenters. The molecular weight excluding hydrogens is 260 g/mol. The number of likely N-dealkylation sites (tertiary alicyclic amines) is 1. The van der Waals surface area contributed by atoms with Gasteiger partial charge in [-0.25, -0.2) is 0 Å². The third-order valence-corrected chi connectivity index (χ3v) is 3.96. The molecule has 3 rings (SSSR count). The lowest BCUT2D eigenvalue weighted by Crippen LogP contribution is -2.51. The molecule has 7 heteroatoms. The maximum absolute atomic E-state index is 12.5. The molecule has 0 saturated carbocycles. The van der Waals surface area contributed by atoms with E-state index < -0.39 is 5.79 Å². The Kier molecular flexibility index (Phi) is 3.39. The van der Waals surface area contributed by atoms with Crippen molar-refractivity contribution < 1.29 is 14.3 Å². The number of hydrogen-bond acceptors (Lipinski definition) is 5. The number of anilines is 1. The van der Waals surface area contributed by atoms with Crippen LogP contribution < -0.4 is 5.73 Å². The lowest BCUT2D eigenvalue weighted by atomic mass is 10.0. The van der Waals surface area contributed by atoms with E-state index in [9.17, 15) is 4.79 Å². The summed E-state index contributed by atoms with van der Waals surface area (Å²) in [6, 6.07) is 0. The first-order valence-electron chi connectivity index (χ1n) is 7.05. The average Bonchev–Trinajstić information content (AvgIpc) is 3.05. The van der Waals surface area contributed by atoms with Crippen molar-refractivity contribution in [2.24, 2.45) is 0 Å². The Balaban J connectivity index is 1.77. The quantitative estimate of drug-likeness (QED) is 0.824. The van der Waals surface area contributed by atoms with Gasteiger partial charge in [-0.1, -0.05) is 6.92 Å². The zero-order chi connectivity index (χ0) is 14.2. The molecular formula is C13H20N4O3. The molecule has 110 valence electrons. The second kappa shape index (κ2) is 5.06. The molecule has 3 heterocycles. The van der Waals surface area contributed by atoms with Gasteiger partial charge in [-0.15, -0.1) is 0 Å². The third-order valence-electron chi connectivity index (χ3n) is 3.96. The van der Waals surface area contributed by atoms with Gasteiger partial charge in [-0.2, -0.15) is 5.10 Å². The standard InChI is InChI=1S/C13H20N4O3/c1-2-9-10(14)11(16-15-9)12(18)17-5-3-4-13(8-17)19-6-7-20-13/h2-8,14H2,1H3,(H,15,16). The number of ether oxygens (including phenoxy) is 2. The van der Waals surface area contributed by atoms with Crippen molar-refractivity contribution in [1.82, 2.24) is 15.1 Å². The summed E-state index contributed by atoms with van der Waals surface area (Å²) < 4.78 is 11.4. The van der Waals surface area contributed by atoms with E-state index in [-0.39, 0.29) is 5.91 Å². The largest absolute Gasteiger partial charge is 0.395 e. The van der Waals surface area contributed by atoms with Crippen LogP contribution >= 0.6 is 0 Å². The number of hydrogen-bond donors (Lipinski definition) is 2. The minimum Gasteiger partial charge on any atom is -0.395 e. The number of rotatable bonds is 2. The SMILES string of the molecule is CCc1[nH]nc(C(=O)N2CCCC3(C2)OCCO3)c1N. The summed E-state index contributed by atoms with van der Waals surface area (Å²) in [4.78, 5) is 14.3. The number of aromatic nitrogens is 2. The molecule has 0 bridgehead atoms.